The van der Waals surface area contributed by atoms with Crippen LogP contribution in [0.3, 0.4) is 0 Å². The summed E-state index contributed by atoms with van der Waals surface area (Å²) in [5, 5.41) is 17.5. The number of aliphatic hydroxyl groups excluding tert-OH is 1. The molecule has 0 saturated carbocycles. The molecule has 1 rings (SSSR count). The number of ether oxygens (including phenoxy) is 1. The molecule has 0 saturated heterocycles. The van der Waals surface area contributed by atoms with Crippen molar-refractivity contribution in [3.8, 4) is 5.75 Å². The van der Waals surface area contributed by atoms with Crippen LogP contribution in [0.5, 0.6) is 5.75 Å². The summed E-state index contributed by atoms with van der Waals surface area (Å²) < 4.78 is 30.5. The number of methoxy groups -OCH3 is 1. The Morgan fingerprint density at radius 3 is 2.60 bits per heavy atom. The molecule has 8 heteroatoms. The van der Waals surface area contributed by atoms with E-state index in [4.69, 9.17) is 14.9 Å². The Labute approximate surface area is 117 Å². The van der Waals surface area contributed by atoms with Gasteiger partial charge < -0.3 is 14.9 Å². The molecule has 0 amide bonds. The van der Waals surface area contributed by atoms with Gasteiger partial charge >= 0.3 is 5.97 Å². The predicted octanol–water partition coefficient (Wildman–Crippen LogP) is -0.397. The standard InChI is InChI=1S/C12H17NO6S/c1-19-11-5-3-2-4-9(11)6-7-20(17,18)13-10(8-14)12(15)16/h2-5,10,13-14H,6-8H2,1H3,(H,15,16). The second kappa shape index (κ2) is 7.22. The van der Waals surface area contributed by atoms with Crippen molar-refractivity contribution in [2.45, 2.75) is 12.5 Å². The monoisotopic (exact) mass is 303 g/mol. The van der Waals surface area contributed by atoms with Gasteiger partial charge in [0.25, 0.3) is 0 Å². The largest absolute Gasteiger partial charge is 0.496 e. The van der Waals surface area contributed by atoms with E-state index in [1.807, 2.05) is 4.72 Å². The molecule has 0 fully saturated rings. The first-order valence-corrected chi connectivity index (χ1v) is 7.50. The molecule has 112 valence electrons. The number of hydrogen-bond acceptors (Lipinski definition) is 5. The zero-order valence-corrected chi connectivity index (χ0v) is 11.8. The van der Waals surface area contributed by atoms with E-state index >= 15 is 0 Å². The lowest BCUT2D eigenvalue weighted by Crippen LogP contribution is -2.44. The van der Waals surface area contributed by atoms with Crippen molar-refractivity contribution in [3.05, 3.63) is 29.8 Å². The smallest absolute Gasteiger partial charge is 0.324 e. The summed E-state index contributed by atoms with van der Waals surface area (Å²) in [6.45, 7) is -0.802. The van der Waals surface area contributed by atoms with E-state index in [0.29, 0.717) is 11.3 Å². The van der Waals surface area contributed by atoms with Crippen molar-refractivity contribution in [1.82, 2.24) is 4.72 Å². The van der Waals surface area contributed by atoms with Crippen LogP contribution in [-0.4, -0.2) is 50.1 Å². The third-order valence-electron chi connectivity index (χ3n) is 2.64. The van der Waals surface area contributed by atoms with Gasteiger partial charge in [-0.05, 0) is 18.1 Å². The van der Waals surface area contributed by atoms with Crippen molar-refractivity contribution in [2.75, 3.05) is 19.5 Å². The van der Waals surface area contributed by atoms with Crippen molar-refractivity contribution in [1.29, 1.82) is 0 Å². The maximum atomic E-state index is 11.8. The third-order valence-corrected chi connectivity index (χ3v) is 4.02. The summed E-state index contributed by atoms with van der Waals surface area (Å²) in [5.74, 6) is -1.15. The molecule has 0 bridgehead atoms. The van der Waals surface area contributed by atoms with Gasteiger partial charge in [0, 0.05) is 0 Å². The Bertz CT molecular complexity index is 557. The Hall–Kier alpha value is -1.64. The lowest BCUT2D eigenvalue weighted by atomic mass is 10.1. The second-order valence-corrected chi connectivity index (χ2v) is 5.95. The number of carbonyl (C=O) groups is 1. The van der Waals surface area contributed by atoms with Gasteiger partial charge in [0.1, 0.15) is 11.8 Å². The highest BCUT2D eigenvalue weighted by Crippen LogP contribution is 2.18. The Morgan fingerprint density at radius 1 is 1.40 bits per heavy atom. The first-order valence-electron chi connectivity index (χ1n) is 5.85. The molecule has 0 aliphatic rings. The summed E-state index contributed by atoms with van der Waals surface area (Å²) in [4.78, 5) is 10.7. The molecule has 1 atom stereocenters. The number of sulfonamides is 1. The number of hydrogen-bond donors (Lipinski definition) is 3. The van der Waals surface area contributed by atoms with Crippen LogP contribution in [0, 0.1) is 0 Å². The highest BCUT2D eigenvalue weighted by molar-refractivity contribution is 7.89. The molecule has 0 spiro atoms. The molecule has 1 unspecified atom stereocenters. The lowest BCUT2D eigenvalue weighted by Gasteiger charge is -2.13. The van der Waals surface area contributed by atoms with Gasteiger partial charge in [0.05, 0.1) is 19.5 Å². The minimum atomic E-state index is -3.81. The number of nitrogens with one attached hydrogen (secondary N) is 1. The number of aryl methyl sites for hydroxylation is 1. The molecule has 1 aromatic carbocycles. The Morgan fingerprint density at radius 2 is 2.05 bits per heavy atom. The lowest BCUT2D eigenvalue weighted by molar-refractivity contribution is -0.139. The van der Waals surface area contributed by atoms with Crippen molar-refractivity contribution in [3.63, 3.8) is 0 Å². The summed E-state index contributed by atoms with van der Waals surface area (Å²) in [6.07, 6.45) is 0.178. The van der Waals surface area contributed by atoms with Crippen LogP contribution in [0.2, 0.25) is 0 Å². The van der Waals surface area contributed by atoms with Gasteiger partial charge in [-0.1, -0.05) is 18.2 Å². The fourth-order valence-corrected chi connectivity index (χ4v) is 2.81. The minimum Gasteiger partial charge on any atom is -0.496 e. The number of para-hydroxylation sites is 1. The zero-order chi connectivity index (χ0) is 15.2. The van der Waals surface area contributed by atoms with Gasteiger partial charge in [-0.25, -0.2) is 8.42 Å². The van der Waals surface area contributed by atoms with E-state index in [1.165, 1.54) is 7.11 Å². The van der Waals surface area contributed by atoms with Crippen LogP contribution < -0.4 is 9.46 Å². The second-order valence-electron chi connectivity index (χ2n) is 4.07. The van der Waals surface area contributed by atoms with Gasteiger partial charge in [0.15, 0.2) is 0 Å². The summed E-state index contributed by atoms with van der Waals surface area (Å²) in [6, 6.07) is 5.43. The normalized spacial score (nSPS) is 12.9. The van der Waals surface area contributed by atoms with E-state index < -0.39 is 28.6 Å². The molecule has 0 aromatic heterocycles. The molecule has 0 aliphatic carbocycles. The number of aliphatic hydroxyl groups is 1. The fraction of sp³-hybridized carbons (Fsp3) is 0.417. The van der Waals surface area contributed by atoms with E-state index in [2.05, 4.69) is 0 Å². The van der Waals surface area contributed by atoms with Gasteiger partial charge in [-0.2, -0.15) is 4.72 Å². The average Bonchev–Trinajstić information content (AvgIpc) is 2.42. The SMILES string of the molecule is COc1ccccc1CCS(=O)(=O)NC(CO)C(=O)O. The van der Waals surface area contributed by atoms with Crippen LogP contribution in [0.4, 0.5) is 0 Å². The molecule has 0 aliphatic heterocycles. The number of aliphatic carboxylic acids is 1. The van der Waals surface area contributed by atoms with Crippen LogP contribution in [0.15, 0.2) is 24.3 Å². The van der Waals surface area contributed by atoms with Crippen molar-refractivity contribution in [2.24, 2.45) is 0 Å². The average molecular weight is 303 g/mol. The Balaban J connectivity index is 2.70. The zero-order valence-electron chi connectivity index (χ0n) is 10.9. The highest BCUT2D eigenvalue weighted by atomic mass is 32.2. The van der Waals surface area contributed by atoms with Gasteiger partial charge in [0.2, 0.25) is 10.0 Å². The molecule has 7 nitrogen and oxygen atoms in total. The van der Waals surface area contributed by atoms with E-state index in [-0.39, 0.29) is 12.2 Å². The van der Waals surface area contributed by atoms with Crippen LogP contribution >= 0.6 is 0 Å². The van der Waals surface area contributed by atoms with E-state index in [9.17, 15) is 13.2 Å². The fourth-order valence-electron chi connectivity index (χ4n) is 1.60. The molecule has 20 heavy (non-hydrogen) atoms. The number of rotatable bonds is 8. The highest BCUT2D eigenvalue weighted by Gasteiger charge is 2.23. The number of carboxylic acid groups (broad SMARTS) is 1. The summed E-state index contributed by atoms with van der Waals surface area (Å²) in [5.41, 5.74) is 0.705. The molecular formula is C12H17NO6S. The van der Waals surface area contributed by atoms with E-state index in [0.717, 1.165) is 0 Å². The topological polar surface area (TPSA) is 113 Å². The maximum absolute atomic E-state index is 11.8. The summed E-state index contributed by atoms with van der Waals surface area (Å²) in [7, 11) is -2.32. The molecule has 0 heterocycles. The Kier molecular flexibility index (Phi) is 5.93. The summed E-state index contributed by atoms with van der Waals surface area (Å²) >= 11 is 0. The molecule has 3 N–H and O–H groups in total. The molecule has 1 aromatic rings. The molecule has 0 radical (unpaired) electrons. The van der Waals surface area contributed by atoms with Crippen LogP contribution in [0.1, 0.15) is 5.56 Å². The predicted molar refractivity (Wildman–Crippen MR) is 72.1 cm³/mol. The first kappa shape index (κ1) is 16.4. The first-order chi connectivity index (χ1) is 9.39. The number of benzene rings is 1. The van der Waals surface area contributed by atoms with Crippen LogP contribution in [0.25, 0.3) is 0 Å². The van der Waals surface area contributed by atoms with Gasteiger partial charge in [-0.15, -0.1) is 0 Å². The van der Waals surface area contributed by atoms with E-state index in [1.54, 1.807) is 24.3 Å². The molecular weight excluding hydrogens is 286 g/mol. The number of carboxylic acids is 1. The maximum Gasteiger partial charge on any atom is 0.324 e. The minimum absolute atomic E-state index is 0.178. The third kappa shape index (κ3) is 4.80. The van der Waals surface area contributed by atoms with Crippen molar-refractivity contribution < 1.29 is 28.2 Å². The van der Waals surface area contributed by atoms with Crippen molar-refractivity contribution >= 4 is 16.0 Å². The van der Waals surface area contributed by atoms with Crippen LogP contribution in [-0.2, 0) is 21.2 Å². The quantitative estimate of drug-likeness (QED) is 0.602. The van der Waals surface area contributed by atoms with Gasteiger partial charge in [-0.3, -0.25) is 4.79 Å².